The molecule has 0 saturated carbocycles. The van der Waals surface area contributed by atoms with Crippen LogP contribution in [0.4, 0.5) is 0 Å². The number of nitrogens with zero attached hydrogens (tertiary/aromatic N) is 2. The summed E-state index contributed by atoms with van der Waals surface area (Å²) in [6.07, 6.45) is 1.22. The minimum absolute atomic E-state index is 0.669. The Morgan fingerprint density at radius 1 is 1.37 bits per heavy atom. The van der Waals surface area contributed by atoms with Gasteiger partial charge >= 0.3 is 0 Å². The third-order valence-electron chi connectivity index (χ3n) is 3.93. The molecule has 0 spiro atoms. The molecule has 2 heterocycles. The van der Waals surface area contributed by atoms with Crippen molar-refractivity contribution in [2.24, 2.45) is 0 Å². The number of hydrogen-bond acceptors (Lipinski definition) is 4. The van der Waals surface area contributed by atoms with Crippen molar-refractivity contribution in [1.29, 1.82) is 0 Å². The van der Waals surface area contributed by atoms with Gasteiger partial charge in [0.25, 0.3) is 0 Å². The first-order valence-electron chi connectivity index (χ1n) is 7.34. The predicted octanol–water partition coefficient (Wildman–Crippen LogP) is 1.70. The van der Waals surface area contributed by atoms with Crippen molar-refractivity contribution < 1.29 is 4.42 Å². The summed E-state index contributed by atoms with van der Waals surface area (Å²) in [5.41, 5.74) is 0. The second-order valence-corrected chi connectivity index (χ2v) is 5.67. The molecule has 19 heavy (non-hydrogen) atoms. The van der Waals surface area contributed by atoms with Crippen LogP contribution >= 0.6 is 0 Å². The molecule has 4 heteroatoms. The topological polar surface area (TPSA) is 31.6 Å². The van der Waals surface area contributed by atoms with Crippen molar-refractivity contribution in [3.63, 3.8) is 0 Å². The summed E-state index contributed by atoms with van der Waals surface area (Å²) in [4.78, 5) is 4.93. The summed E-state index contributed by atoms with van der Waals surface area (Å²) in [7, 11) is 2.17. The molecule has 1 atom stereocenters. The molecular weight excluding hydrogens is 238 g/mol. The average Bonchev–Trinajstić information content (AvgIpc) is 2.82. The van der Waals surface area contributed by atoms with Gasteiger partial charge in [-0.2, -0.15) is 0 Å². The van der Waals surface area contributed by atoms with Gasteiger partial charge in [0.2, 0.25) is 0 Å². The highest BCUT2D eigenvalue weighted by Crippen LogP contribution is 2.10. The lowest BCUT2D eigenvalue weighted by Gasteiger charge is -2.33. The zero-order chi connectivity index (χ0) is 13.7. The zero-order valence-electron chi connectivity index (χ0n) is 12.5. The highest BCUT2D eigenvalue weighted by atomic mass is 16.3. The van der Waals surface area contributed by atoms with E-state index in [9.17, 15) is 0 Å². The van der Waals surface area contributed by atoms with Crippen molar-refractivity contribution in [2.75, 3.05) is 39.8 Å². The van der Waals surface area contributed by atoms with E-state index >= 15 is 0 Å². The van der Waals surface area contributed by atoms with Crippen molar-refractivity contribution in [3.05, 3.63) is 23.7 Å². The standard InChI is InChI=1S/C15H27N3O/c1-13(18-10-7-16-8-11-18)6-9-17(3)12-15-5-4-14(2)19-15/h4-5,13,16H,6-12H2,1-3H3. The number of aryl methyl sites for hydroxylation is 1. The van der Waals surface area contributed by atoms with Crippen LogP contribution in [0.25, 0.3) is 0 Å². The molecule has 1 aromatic rings. The molecule has 0 radical (unpaired) electrons. The van der Waals surface area contributed by atoms with Gasteiger partial charge < -0.3 is 9.73 Å². The van der Waals surface area contributed by atoms with Gasteiger partial charge in [0.1, 0.15) is 11.5 Å². The highest BCUT2D eigenvalue weighted by Gasteiger charge is 2.16. The molecule has 1 N–H and O–H groups in total. The van der Waals surface area contributed by atoms with Crippen molar-refractivity contribution in [1.82, 2.24) is 15.1 Å². The second-order valence-electron chi connectivity index (χ2n) is 5.67. The third kappa shape index (κ3) is 4.64. The van der Waals surface area contributed by atoms with Gasteiger partial charge in [-0.3, -0.25) is 9.80 Å². The van der Waals surface area contributed by atoms with E-state index in [-0.39, 0.29) is 0 Å². The molecule has 1 saturated heterocycles. The molecule has 4 nitrogen and oxygen atoms in total. The lowest BCUT2D eigenvalue weighted by Crippen LogP contribution is -2.48. The fourth-order valence-corrected chi connectivity index (χ4v) is 2.63. The van der Waals surface area contributed by atoms with E-state index in [1.165, 1.54) is 19.5 Å². The van der Waals surface area contributed by atoms with Crippen LogP contribution in [-0.4, -0.2) is 55.6 Å². The summed E-state index contributed by atoms with van der Waals surface area (Å²) in [6.45, 7) is 11.0. The molecule has 1 fully saturated rings. The lowest BCUT2D eigenvalue weighted by atomic mass is 10.1. The zero-order valence-corrected chi connectivity index (χ0v) is 12.5. The number of piperazine rings is 1. The molecule has 0 bridgehead atoms. The maximum Gasteiger partial charge on any atom is 0.118 e. The minimum atomic E-state index is 0.669. The van der Waals surface area contributed by atoms with Crippen LogP contribution in [0.5, 0.6) is 0 Å². The number of furan rings is 1. The molecule has 1 aliphatic heterocycles. The summed E-state index contributed by atoms with van der Waals surface area (Å²) in [6, 6.07) is 4.78. The van der Waals surface area contributed by atoms with E-state index in [0.717, 1.165) is 37.7 Å². The normalized spacial score (nSPS) is 18.9. The SMILES string of the molecule is Cc1ccc(CN(C)CCC(C)N2CCNCC2)o1. The predicted molar refractivity (Wildman–Crippen MR) is 78.3 cm³/mol. The van der Waals surface area contributed by atoms with E-state index in [1.54, 1.807) is 0 Å². The fraction of sp³-hybridized carbons (Fsp3) is 0.733. The van der Waals surface area contributed by atoms with E-state index < -0.39 is 0 Å². The van der Waals surface area contributed by atoms with Gasteiger partial charge in [-0.25, -0.2) is 0 Å². The first-order chi connectivity index (χ1) is 9.15. The first kappa shape index (κ1) is 14.6. The van der Waals surface area contributed by atoms with Crippen LogP contribution in [0.15, 0.2) is 16.5 Å². The smallest absolute Gasteiger partial charge is 0.118 e. The highest BCUT2D eigenvalue weighted by molar-refractivity contribution is 5.05. The Labute approximate surface area is 116 Å². The Hall–Kier alpha value is -0.840. The van der Waals surface area contributed by atoms with Crippen LogP contribution in [0.2, 0.25) is 0 Å². The Kier molecular flexibility index (Phi) is 5.43. The molecule has 0 aromatic carbocycles. The first-order valence-corrected chi connectivity index (χ1v) is 7.34. The van der Waals surface area contributed by atoms with Gasteiger partial charge in [-0.15, -0.1) is 0 Å². The quantitative estimate of drug-likeness (QED) is 0.848. The van der Waals surface area contributed by atoms with E-state index in [2.05, 4.69) is 35.2 Å². The van der Waals surface area contributed by atoms with Crippen LogP contribution < -0.4 is 5.32 Å². The van der Waals surface area contributed by atoms with Crippen LogP contribution in [0, 0.1) is 6.92 Å². The molecule has 108 valence electrons. The molecule has 1 aliphatic rings. The van der Waals surface area contributed by atoms with Gasteiger partial charge in [-0.1, -0.05) is 0 Å². The van der Waals surface area contributed by atoms with Crippen molar-refractivity contribution >= 4 is 0 Å². The van der Waals surface area contributed by atoms with Crippen molar-refractivity contribution in [2.45, 2.75) is 32.9 Å². The number of hydrogen-bond donors (Lipinski definition) is 1. The second kappa shape index (κ2) is 7.08. The molecule has 1 unspecified atom stereocenters. The molecular formula is C15H27N3O. The van der Waals surface area contributed by atoms with Gasteiger partial charge in [0.05, 0.1) is 6.54 Å². The number of nitrogens with one attached hydrogen (secondary N) is 1. The monoisotopic (exact) mass is 265 g/mol. The molecule has 0 amide bonds. The molecule has 1 aromatic heterocycles. The van der Waals surface area contributed by atoms with Gasteiger partial charge in [0, 0.05) is 32.2 Å². The van der Waals surface area contributed by atoms with E-state index in [0.29, 0.717) is 6.04 Å². The molecule has 2 rings (SSSR count). The van der Waals surface area contributed by atoms with Crippen LogP contribution in [0.1, 0.15) is 24.9 Å². The number of rotatable bonds is 6. The summed E-state index contributed by atoms with van der Waals surface area (Å²) in [5.74, 6) is 2.06. The minimum Gasteiger partial charge on any atom is -0.465 e. The summed E-state index contributed by atoms with van der Waals surface area (Å²) in [5, 5.41) is 3.40. The Morgan fingerprint density at radius 3 is 2.74 bits per heavy atom. The average molecular weight is 265 g/mol. The van der Waals surface area contributed by atoms with Crippen LogP contribution in [-0.2, 0) is 6.54 Å². The van der Waals surface area contributed by atoms with E-state index in [4.69, 9.17) is 4.42 Å². The maximum absolute atomic E-state index is 5.62. The van der Waals surface area contributed by atoms with Crippen LogP contribution in [0.3, 0.4) is 0 Å². The van der Waals surface area contributed by atoms with Gasteiger partial charge in [0.15, 0.2) is 0 Å². The van der Waals surface area contributed by atoms with Gasteiger partial charge in [-0.05, 0) is 46.0 Å². The third-order valence-corrected chi connectivity index (χ3v) is 3.93. The van der Waals surface area contributed by atoms with E-state index in [1.807, 2.05) is 13.0 Å². The van der Waals surface area contributed by atoms with Crippen molar-refractivity contribution in [3.8, 4) is 0 Å². The summed E-state index contributed by atoms with van der Waals surface area (Å²) >= 11 is 0. The Morgan fingerprint density at radius 2 is 2.11 bits per heavy atom. The molecule has 0 aliphatic carbocycles. The largest absolute Gasteiger partial charge is 0.465 e. The lowest BCUT2D eigenvalue weighted by molar-refractivity contribution is 0.160. The summed E-state index contributed by atoms with van der Waals surface area (Å²) < 4.78 is 5.62. The maximum atomic E-state index is 5.62. The Bertz CT molecular complexity index is 371. The fourth-order valence-electron chi connectivity index (χ4n) is 2.63. The Balaban J connectivity index is 1.69.